The normalized spacial score (nSPS) is 25.8. The van der Waals surface area contributed by atoms with Gasteiger partial charge >= 0.3 is 0 Å². The van der Waals surface area contributed by atoms with E-state index in [-0.39, 0.29) is 0 Å². The molecule has 0 radical (unpaired) electrons. The van der Waals surface area contributed by atoms with E-state index in [0.717, 1.165) is 18.1 Å². The summed E-state index contributed by atoms with van der Waals surface area (Å²) in [5.41, 5.74) is 1.33. The molecule has 1 fully saturated rings. The van der Waals surface area contributed by atoms with Gasteiger partial charge in [0.05, 0.1) is 13.7 Å². The first-order valence-corrected chi connectivity index (χ1v) is 7.75. The van der Waals surface area contributed by atoms with E-state index in [0.29, 0.717) is 18.0 Å². The molecule has 2 heterocycles. The standard InChI is InChI=1S/C17H25NO2/c1-12(2)18-8-4-5-14(18)9-13-11-20-17-7-6-15(19-3)10-16(13)17/h6-7,10,12-14H,4-5,8-9,11H2,1-3H3/t13-,14-/m1/s1. The molecule has 3 rings (SSSR count). The van der Waals surface area contributed by atoms with Gasteiger partial charge < -0.3 is 9.47 Å². The fourth-order valence-corrected chi connectivity index (χ4v) is 3.70. The number of fused-ring (bicyclic) bond motifs is 1. The second kappa shape index (κ2) is 5.65. The highest BCUT2D eigenvalue weighted by Crippen LogP contribution is 2.40. The molecule has 0 unspecified atom stereocenters. The van der Waals surface area contributed by atoms with Crippen LogP contribution >= 0.6 is 0 Å². The van der Waals surface area contributed by atoms with E-state index < -0.39 is 0 Å². The molecule has 0 aromatic heterocycles. The van der Waals surface area contributed by atoms with Crippen LogP contribution in [0.15, 0.2) is 18.2 Å². The van der Waals surface area contributed by atoms with Crippen molar-refractivity contribution in [1.82, 2.24) is 4.90 Å². The van der Waals surface area contributed by atoms with E-state index in [1.807, 2.05) is 12.1 Å². The molecule has 0 N–H and O–H groups in total. The highest BCUT2D eigenvalue weighted by molar-refractivity contribution is 5.45. The van der Waals surface area contributed by atoms with Crippen LogP contribution in [-0.2, 0) is 0 Å². The first kappa shape index (κ1) is 13.7. The van der Waals surface area contributed by atoms with Gasteiger partial charge in [-0.2, -0.15) is 0 Å². The summed E-state index contributed by atoms with van der Waals surface area (Å²) in [7, 11) is 1.73. The molecule has 3 heteroatoms. The monoisotopic (exact) mass is 275 g/mol. The van der Waals surface area contributed by atoms with Crippen LogP contribution in [0.3, 0.4) is 0 Å². The van der Waals surface area contributed by atoms with Gasteiger partial charge in [-0.05, 0) is 57.9 Å². The van der Waals surface area contributed by atoms with E-state index in [1.165, 1.54) is 31.4 Å². The zero-order valence-electron chi connectivity index (χ0n) is 12.8. The molecule has 3 nitrogen and oxygen atoms in total. The molecule has 1 aromatic carbocycles. The Balaban J connectivity index is 1.74. The van der Waals surface area contributed by atoms with E-state index in [4.69, 9.17) is 9.47 Å². The maximum Gasteiger partial charge on any atom is 0.123 e. The number of benzene rings is 1. The number of methoxy groups -OCH3 is 1. The van der Waals surface area contributed by atoms with Crippen molar-refractivity contribution in [3.05, 3.63) is 23.8 Å². The zero-order valence-corrected chi connectivity index (χ0v) is 12.8. The molecular weight excluding hydrogens is 250 g/mol. The Kier molecular flexibility index (Phi) is 3.88. The topological polar surface area (TPSA) is 21.7 Å². The smallest absolute Gasteiger partial charge is 0.123 e. The molecule has 0 aliphatic carbocycles. The van der Waals surface area contributed by atoms with E-state index in [1.54, 1.807) is 7.11 Å². The van der Waals surface area contributed by atoms with Crippen LogP contribution in [0.25, 0.3) is 0 Å². The van der Waals surface area contributed by atoms with Crippen molar-refractivity contribution in [3.63, 3.8) is 0 Å². The Hall–Kier alpha value is -1.22. The van der Waals surface area contributed by atoms with Gasteiger partial charge in [0.1, 0.15) is 11.5 Å². The molecule has 0 spiro atoms. The Bertz CT molecular complexity index is 472. The van der Waals surface area contributed by atoms with Crippen molar-refractivity contribution in [3.8, 4) is 11.5 Å². The van der Waals surface area contributed by atoms with Crippen molar-refractivity contribution >= 4 is 0 Å². The third kappa shape index (κ3) is 2.51. The van der Waals surface area contributed by atoms with E-state index >= 15 is 0 Å². The lowest BCUT2D eigenvalue weighted by molar-refractivity contribution is 0.181. The van der Waals surface area contributed by atoms with Crippen molar-refractivity contribution < 1.29 is 9.47 Å². The predicted octanol–water partition coefficient (Wildman–Crippen LogP) is 3.43. The summed E-state index contributed by atoms with van der Waals surface area (Å²) in [6.45, 7) is 6.69. The average molecular weight is 275 g/mol. The third-order valence-corrected chi connectivity index (χ3v) is 4.74. The number of likely N-dealkylation sites (tertiary alicyclic amines) is 1. The second-order valence-electron chi connectivity index (χ2n) is 6.28. The lowest BCUT2D eigenvalue weighted by Gasteiger charge is -2.29. The van der Waals surface area contributed by atoms with Crippen LogP contribution in [-0.4, -0.2) is 37.2 Å². The number of nitrogens with zero attached hydrogens (tertiary/aromatic N) is 1. The average Bonchev–Trinajstić information content (AvgIpc) is 3.06. The van der Waals surface area contributed by atoms with Crippen LogP contribution in [0.4, 0.5) is 0 Å². The Morgan fingerprint density at radius 1 is 1.40 bits per heavy atom. The van der Waals surface area contributed by atoms with Gasteiger partial charge in [0.25, 0.3) is 0 Å². The van der Waals surface area contributed by atoms with E-state index in [2.05, 4.69) is 24.8 Å². The maximum atomic E-state index is 5.84. The number of hydrogen-bond acceptors (Lipinski definition) is 3. The summed E-state index contributed by atoms with van der Waals surface area (Å²) in [4.78, 5) is 2.65. The molecular formula is C17H25NO2. The minimum Gasteiger partial charge on any atom is -0.497 e. The quantitative estimate of drug-likeness (QED) is 0.840. The zero-order chi connectivity index (χ0) is 14.1. The molecule has 2 aliphatic heterocycles. The first-order chi connectivity index (χ1) is 9.69. The molecule has 0 saturated carbocycles. The maximum absolute atomic E-state index is 5.84. The Morgan fingerprint density at radius 3 is 3.00 bits per heavy atom. The Morgan fingerprint density at radius 2 is 2.25 bits per heavy atom. The van der Waals surface area contributed by atoms with Crippen LogP contribution in [0.1, 0.15) is 44.6 Å². The lowest BCUT2D eigenvalue weighted by Crippen LogP contribution is -2.36. The van der Waals surface area contributed by atoms with Gasteiger partial charge in [0.2, 0.25) is 0 Å². The molecule has 2 atom stereocenters. The van der Waals surface area contributed by atoms with Crippen LogP contribution in [0, 0.1) is 0 Å². The van der Waals surface area contributed by atoms with Gasteiger partial charge in [0, 0.05) is 23.6 Å². The fraction of sp³-hybridized carbons (Fsp3) is 0.647. The van der Waals surface area contributed by atoms with Crippen molar-refractivity contribution in [2.75, 3.05) is 20.3 Å². The van der Waals surface area contributed by atoms with Crippen molar-refractivity contribution in [2.24, 2.45) is 0 Å². The van der Waals surface area contributed by atoms with Gasteiger partial charge in [0.15, 0.2) is 0 Å². The third-order valence-electron chi connectivity index (χ3n) is 4.74. The number of ether oxygens (including phenoxy) is 2. The molecule has 1 aromatic rings. The van der Waals surface area contributed by atoms with Crippen LogP contribution in [0.2, 0.25) is 0 Å². The second-order valence-corrected chi connectivity index (χ2v) is 6.28. The first-order valence-electron chi connectivity index (χ1n) is 7.75. The molecule has 0 amide bonds. The predicted molar refractivity (Wildman–Crippen MR) is 80.7 cm³/mol. The summed E-state index contributed by atoms with van der Waals surface area (Å²) in [6.07, 6.45) is 3.87. The molecule has 110 valence electrons. The van der Waals surface area contributed by atoms with Gasteiger partial charge in [-0.1, -0.05) is 0 Å². The summed E-state index contributed by atoms with van der Waals surface area (Å²) < 4.78 is 11.2. The summed E-state index contributed by atoms with van der Waals surface area (Å²) >= 11 is 0. The van der Waals surface area contributed by atoms with Crippen LogP contribution < -0.4 is 9.47 Å². The minimum atomic E-state index is 0.518. The Labute approximate surface area is 121 Å². The molecule has 20 heavy (non-hydrogen) atoms. The SMILES string of the molecule is COc1ccc2c(c1)[C@H](C[C@H]1CCCN1C(C)C)CO2. The van der Waals surface area contributed by atoms with Gasteiger partial charge in [-0.3, -0.25) is 4.90 Å². The summed E-state index contributed by atoms with van der Waals surface area (Å²) in [5, 5.41) is 0. The van der Waals surface area contributed by atoms with E-state index in [9.17, 15) is 0 Å². The van der Waals surface area contributed by atoms with Crippen molar-refractivity contribution in [2.45, 2.75) is 51.1 Å². The minimum absolute atomic E-state index is 0.518. The highest BCUT2D eigenvalue weighted by atomic mass is 16.5. The molecule has 0 bridgehead atoms. The van der Waals surface area contributed by atoms with Gasteiger partial charge in [-0.15, -0.1) is 0 Å². The van der Waals surface area contributed by atoms with Gasteiger partial charge in [-0.25, -0.2) is 0 Å². The summed E-state index contributed by atoms with van der Waals surface area (Å²) in [6, 6.07) is 7.54. The lowest BCUT2D eigenvalue weighted by atomic mass is 9.92. The summed E-state index contributed by atoms with van der Waals surface area (Å²) in [5.74, 6) is 2.50. The molecule has 2 aliphatic rings. The highest BCUT2D eigenvalue weighted by Gasteiger charge is 2.33. The largest absolute Gasteiger partial charge is 0.497 e. The molecule has 1 saturated heterocycles. The number of hydrogen-bond donors (Lipinski definition) is 0. The van der Waals surface area contributed by atoms with Crippen molar-refractivity contribution in [1.29, 1.82) is 0 Å². The number of rotatable bonds is 4. The van der Waals surface area contributed by atoms with Crippen LogP contribution in [0.5, 0.6) is 11.5 Å². The fourth-order valence-electron chi connectivity index (χ4n) is 3.70.